The smallest absolute Gasteiger partial charge is 0.302 e. The Bertz CT molecular complexity index is 579. The Morgan fingerprint density at radius 2 is 1.96 bits per heavy atom. The van der Waals surface area contributed by atoms with Crippen LogP contribution >= 0.6 is 0 Å². The average molecular weight is 331 g/mol. The quantitative estimate of drug-likeness (QED) is 0.492. The normalized spacial score (nSPS) is 49.8. The van der Waals surface area contributed by atoms with Gasteiger partial charge in [0.15, 0.2) is 0 Å². The Morgan fingerprint density at radius 1 is 1.17 bits per heavy atom. The maximum Gasteiger partial charge on any atom is 0.302 e. The molecular weight excluding hydrogens is 296 g/mol. The van der Waals surface area contributed by atoms with Crippen molar-refractivity contribution in [2.75, 3.05) is 6.61 Å². The monoisotopic (exact) mass is 330 g/mol. The summed E-state index contributed by atoms with van der Waals surface area (Å²) in [4.78, 5) is 11.4. The van der Waals surface area contributed by atoms with Gasteiger partial charge >= 0.3 is 5.97 Å². The van der Waals surface area contributed by atoms with Crippen molar-refractivity contribution in [1.29, 1.82) is 0 Å². The first-order valence-corrected chi connectivity index (χ1v) is 10.1. The largest absolute Gasteiger partial charge is 0.465 e. The Morgan fingerprint density at radius 3 is 2.71 bits per heavy atom. The lowest BCUT2D eigenvalue weighted by Gasteiger charge is -2.64. The first-order valence-electron chi connectivity index (χ1n) is 10.1. The highest BCUT2D eigenvalue weighted by atomic mass is 16.5. The molecule has 0 saturated heterocycles. The molecule has 3 fully saturated rings. The van der Waals surface area contributed by atoms with Gasteiger partial charge in [-0.25, -0.2) is 0 Å². The number of carbonyl (C=O) groups excluding carboxylic acids is 1. The van der Waals surface area contributed by atoms with Crippen LogP contribution in [-0.4, -0.2) is 12.6 Å². The number of allylic oxidation sites excluding steroid dienone is 2. The maximum absolute atomic E-state index is 11.4. The molecular formula is C22H34O2. The third-order valence-electron chi connectivity index (χ3n) is 8.68. The highest BCUT2D eigenvalue weighted by Gasteiger charge is 2.62. The summed E-state index contributed by atoms with van der Waals surface area (Å²) >= 11 is 0. The molecule has 0 N–H and O–H groups in total. The van der Waals surface area contributed by atoms with Gasteiger partial charge in [-0.05, 0) is 80.5 Å². The molecule has 0 radical (unpaired) electrons. The second-order valence-corrected chi connectivity index (χ2v) is 10.0. The van der Waals surface area contributed by atoms with Crippen molar-refractivity contribution in [1.82, 2.24) is 0 Å². The van der Waals surface area contributed by atoms with Crippen molar-refractivity contribution in [2.45, 2.75) is 79.1 Å². The van der Waals surface area contributed by atoms with Crippen LogP contribution in [0.3, 0.4) is 0 Å². The van der Waals surface area contributed by atoms with E-state index in [0.29, 0.717) is 23.4 Å². The van der Waals surface area contributed by atoms with Crippen molar-refractivity contribution in [3.05, 3.63) is 11.6 Å². The summed E-state index contributed by atoms with van der Waals surface area (Å²) in [5.74, 6) is 2.30. The molecule has 2 heteroatoms. The van der Waals surface area contributed by atoms with Crippen LogP contribution in [0.1, 0.15) is 79.1 Å². The highest BCUT2D eigenvalue weighted by molar-refractivity contribution is 5.65. The number of ether oxygens (including phenoxy) is 1. The number of hydrogen-bond acceptors (Lipinski definition) is 2. The van der Waals surface area contributed by atoms with E-state index in [9.17, 15) is 4.79 Å². The lowest BCUT2D eigenvalue weighted by molar-refractivity contribution is -0.167. The van der Waals surface area contributed by atoms with E-state index in [-0.39, 0.29) is 11.4 Å². The second-order valence-electron chi connectivity index (χ2n) is 10.0. The van der Waals surface area contributed by atoms with Crippen molar-refractivity contribution in [3.8, 4) is 0 Å². The van der Waals surface area contributed by atoms with Crippen LogP contribution < -0.4 is 0 Å². The highest BCUT2D eigenvalue weighted by Crippen LogP contribution is 2.70. The molecule has 0 aromatic carbocycles. The Balaban J connectivity index is 1.66. The predicted octanol–water partition coefficient (Wildman–Crippen LogP) is 5.52. The van der Waals surface area contributed by atoms with Gasteiger partial charge in [-0.2, -0.15) is 0 Å². The van der Waals surface area contributed by atoms with Crippen LogP contribution in [-0.2, 0) is 9.53 Å². The van der Waals surface area contributed by atoms with E-state index in [0.717, 1.165) is 11.8 Å². The zero-order chi connectivity index (χ0) is 17.2. The SMILES string of the molecule is CC(=O)OC[C@@]1(C)CCC[C@]2(C)[C@@H]1CC[C@]13C=C(C)[C@H](CC[C@H]12)C3. The number of esters is 1. The summed E-state index contributed by atoms with van der Waals surface area (Å²) < 4.78 is 5.54. The molecule has 1 spiro atoms. The van der Waals surface area contributed by atoms with Crippen LogP contribution in [0.15, 0.2) is 11.6 Å². The van der Waals surface area contributed by atoms with Gasteiger partial charge < -0.3 is 4.74 Å². The molecule has 0 aromatic heterocycles. The van der Waals surface area contributed by atoms with Gasteiger partial charge in [0, 0.05) is 12.3 Å². The standard InChI is InChI=1S/C22H34O2/c1-15-12-22-11-8-18-20(3,14-24-16(2)23)9-5-10-21(18,4)19(22)7-6-17(15)13-22/h12,17-19H,5-11,13-14H2,1-4H3/t17-,18-,19+,20-,21-,22-/m1/s1. The van der Waals surface area contributed by atoms with E-state index in [2.05, 4.69) is 26.8 Å². The van der Waals surface area contributed by atoms with Gasteiger partial charge in [-0.15, -0.1) is 0 Å². The van der Waals surface area contributed by atoms with E-state index < -0.39 is 0 Å². The summed E-state index contributed by atoms with van der Waals surface area (Å²) in [5, 5.41) is 0. The molecule has 2 bridgehead atoms. The van der Waals surface area contributed by atoms with Crippen LogP contribution in [0.25, 0.3) is 0 Å². The van der Waals surface area contributed by atoms with Gasteiger partial charge in [-0.3, -0.25) is 4.79 Å². The molecule has 24 heavy (non-hydrogen) atoms. The zero-order valence-corrected chi connectivity index (χ0v) is 16.0. The van der Waals surface area contributed by atoms with Crippen molar-refractivity contribution >= 4 is 5.97 Å². The summed E-state index contributed by atoms with van der Waals surface area (Å²) in [6.45, 7) is 9.55. The summed E-state index contributed by atoms with van der Waals surface area (Å²) in [6.07, 6.45) is 13.5. The Hall–Kier alpha value is -0.790. The fourth-order valence-corrected chi connectivity index (χ4v) is 7.78. The topological polar surface area (TPSA) is 26.3 Å². The minimum atomic E-state index is -0.120. The molecule has 0 aliphatic heterocycles. The molecule has 0 aromatic rings. The Kier molecular flexibility index (Phi) is 3.72. The maximum atomic E-state index is 11.4. The number of rotatable bonds is 2. The molecule has 0 amide bonds. The summed E-state index contributed by atoms with van der Waals surface area (Å²) in [6, 6.07) is 0. The fraction of sp³-hybridized carbons (Fsp3) is 0.864. The van der Waals surface area contributed by atoms with Gasteiger partial charge in [0.1, 0.15) is 0 Å². The second kappa shape index (κ2) is 5.35. The lowest BCUT2D eigenvalue weighted by atomic mass is 9.41. The fourth-order valence-electron chi connectivity index (χ4n) is 7.78. The third-order valence-corrected chi connectivity index (χ3v) is 8.68. The average Bonchev–Trinajstić information content (AvgIpc) is 2.74. The third kappa shape index (κ3) is 2.24. The molecule has 0 unspecified atom stereocenters. The van der Waals surface area contributed by atoms with Gasteiger partial charge in [-0.1, -0.05) is 31.9 Å². The van der Waals surface area contributed by atoms with Crippen LogP contribution in [0.2, 0.25) is 0 Å². The first kappa shape index (κ1) is 16.7. The number of hydrogen-bond donors (Lipinski definition) is 0. The summed E-state index contributed by atoms with van der Waals surface area (Å²) in [5.41, 5.74) is 2.78. The van der Waals surface area contributed by atoms with Crippen molar-refractivity contribution in [3.63, 3.8) is 0 Å². The number of carbonyl (C=O) groups is 1. The van der Waals surface area contributed by atoms with E-state index >= 15 is 0 Å². The van der Waals surface area contributed by atoms with Crippen LogP contribution in [0.5, 0.6) is 0 Å². The molecule has 2 nitrogen and oxygen atoms in total. The predicted molar refractivity (Wildman–Crippen MR) is 96.4 cm³/mol. The molecule has 3 saturated carbocycles. The minimum Gasteiger partial charge on any atom is -0.465 e. The van der Waals surface area contributed by atoms with Crippen LogP contribution in [0, 0.1) is 34.0 Å². The molecule has 6 atom stereocenters. The van der Waals surface area contributed by atoms with Gasteiger partial charge in [0.2, 0.25) is 0 Å². The molecule has 134 valence electrons. The minimum absolute atomic E-state index is 0.120. The lowest BCUT2D eigenvalue weighted by Crippen LogP contribution is -2.57. The molecule has 4 aliphatic rings. The molecule has 4 aliphatic carbocycles. The van der Waals surface area contributed by atoms with Crippen LogP contribution in [0.4, 0.5) is 0 Å². The zero-order valence-electron chi connectivity index (χ0n) is 16.0. The van der Waals surface area contributed by atoms with Crippen molar-refractivity contribution in [2.24, 2.45) is 34.0 Å². The molecule has 0 heterocycles. The van der Waals surface area contributed by atoms with Gasteiger partial charge in [0.05, 0.1) is 6.61 Å². The molecule has 4 rings (SSSR count). The van der Waals surface area contributed by atoms with E-state index in [4.69, 9.17) is 4.74 Å². The van der Waals surface area contributed by atoms with E-state index in [1.807, 2.05) is 0 Å². The van der Waals surface area contributed by atoms with E-state index in [1.54, 1.807) is 12.5 Å². The Labute approximate surface area is 147 Å². The van der Waals surface area contributed by atoms with E-state index in [1.165, 1.54) is 51.4 Å². The van der Waals surface area contributed by atoms with Gasteiger partial charge in [0.25, 0.3) is 0 Å². The van der Waals surface area contributed by atoms with Crippen molar-refractivity contribution < 1.29 is 9.53 Å². The first-order chi connectivity index (χ1) is 11.3. The summed E-state index contributed by atoms with van der Waals surface area (Å²) in [7, 11) is 0. The number of fused-ring (bicyclic) bond motifs is 3.